The highest BCUT2D eigenvalue weighted by atomic mass is 16.6. The summed E-state index contributed by atoms with van der Waals surface area (Å²) in [5, 5.41) is 0. The minimum Gasteiger partial charge on any atom is -0.462 e. The first-order valence-electron chi connectivity index (χ1n) is 26.2. The van der Waals surface area contributed by atoms with E-state index in [0.29, 0.717) is 12.8 Å². The largest absolute Gasteiger partial charge is 0.462 e. The van der Waals surface area contributed by atoms with Crippen molar-refractivity contribution in [2.24, 2.45) is 0 Å². The van der Waals surface area contributed by atoms with Crippen molar-refractivity contribution in [3.63, 3.8) is 0 Å². The zero-order valence-corrected chi connectivity index (χ0v) is 41.5. The van der Waals surface area contributed by atoms with Gasteiger partial charge in [-0.3, -0.25) is 14.4 Å². The van der Waals surface area contributed by atoms with E-state index < -0.39 is 6.10 Å². The molecule has 0 saturated heterocycles. The Balaban J connectivity index is 4.42. The summed E-state index contributed by atoms with van der Waals surface area (Å²) >= 11 is 0. The number of hydrogen-bond acceptors (Lipinski definition) is 6. The topological polar surface area (TPSA) is 78.9 Å². The Bertz CT molecular complexity index is 1300. The van der Waals surface area contributed by atoms with Gasteiger partial charge in [0.15, 0.2) is 6.10 Å². The summed E-state index contributed by atoms with van der Waals surface area (Å²) in [5.74, 6) is -0.947. The number of hydrogen-bond donors (Lipinski definition) is 0. The van der Waals surface area contributed by atoms with Gasteiger partial charge in [-0.25, -0.2) is 0 Å². The lowest BCUT2D eigenvalue weighted by Gasteiger charge is -2.18. The van der Waals surface area contributed by atoms with Gasteiger partial charge in [-0.05, 0) is 96.3 Å². The van der Waals surface area contributed by atoms with Gasteiger partial charge in [-0.2, -0.15) is 0 Å². The molecule has 0 heterocycles. The molecular formula is C58H96O6. The second-order valence-corrected chi connectivity index (χ2v) is 17.0. The van der Waals surface area contributed by atoms with Gasteiger partial charge in [0.2, 0.25) is 0 Å². The second kappa shape index (κ2) is 52.0. The first-order chi connectivity index (χ1) is 31.5. The molecule has 0 N–H and O–H groups in total. The summed E-state index contributed by atoms with van der Waals surface area (Å²) < 4.78 is 16.8. The molecule has 0 saturated carbocycles. The number of ether oxygens (including phenoxy) is 3. The predicted molar refractivity (Wildman–Crippen MR) is 274 cm³/mol. The lowest BCUT2D eigenvalue weighted by Crippen LogP contribution is -2.30. The average Bonchev–Trinajstić information content (AvgIpc) is 3.29. The van der Waals surface area contributed by atoms with Crippen LogP contribution in [-0.4, -0.2) is 37.2 Å². The van der Waals surface area contributed by atoms with Crippen molar-refractivity contribution in [1.29, 1.82) is 0 Å². The molecule has 0 bridgehead atoms. The fourth-order valence-corrected chi connectivity index (χ4v) is 6.95. The molecule has 0 aromatic rings. The maximum Gasteiger partial charge on any atom is 0.306 e. The minimum atomic E-state index is -0.799. The van der Waals surface area contributed by atoms with Gasteiger partial charge in [0, 0.05) is 19.3 Å². The molecule has 0 aliphatic carbocycles. The van der Waals surface area contributed by atoms with E-state index in [1.54, 1.807) is 0 Å². The van der Waals surface area contributed by atoms with E-state index in [-0.39, 0.29) is 37.5 Å². The van der Waals surface area contributed by atoms with Gasteiger partial charge < -0.3 is 14.2 Å². The molecule has 0 aliphatic heterocycles. The molecule has 1 atom stereocenters. The van der Waals surface area contributed by atoms with Crippen LogP contribution in [0.25, 0.3) is 0 Å². The van der Waals surface area contributed by atoms with Crippen LogP contribution in [0.2, 0.25) is 0 Å². The van der Waals surface area contributed by atoms with Gasteiger partial charge >= 0.3 is 17.9 Å². The Morgan fingerprint density at radius 3 is 0.969 bits per heavy atom. The molecule has 0 radical (unpaired) electrons. The van der Waals surface area contributed by atoms with Crippen molar-refractivity contribution < 1.29 is 28.6 Å². The van der Waals surface area contributed by atoms with Gasteiger partial charge in [0.25, 0.3) is 0 Å². The first kappa shape index (κ1) is 60.3. The van der Waals surface area contributed by atoms with Crippen molar-refractivity contribution in [2.45, 2.75) is 239 Å². The highest BCUT2D eigenvalue weighted by Crippen LogP contribution is 2.14. The summed E-state index contributed by atoms with van der Waals surface area (Å²) in [4.78, 5) is 38.0. The third-order valence-corrected chi connectivity index (χ3v) is 10.8. The van der Waals surface area contributed by atoms with Crippen molar-refractivity contribution in [1.82, 2.24) is 0 Å². The number of esters is 3. The molecule has 0 aromatic carbocycles. The summed E-state index contributed by atoms with van der Waals surface area (Å²) in [6, 6.07) is 0. The molecule has 364 valence electrons. The van der Waals surface area contributed by atoms with E-state index in [4.69, 9.17) is 14.2 Å². The maximum absolute atomic E-state index is 12.8. The molecule has 6 heteroatoms. The van der Waals surface area contributed by atoms with Crippen molar-refractivity contribution in [2.75, 3.05) is 13.2 Å². The fourth-order valence-electron chi connectivity index (χ4n) is 6.95. The quantitative estimate of drug-likeness (QED) is 0.0262. The Hall–Kier alpha value is -3.67. The monoisotopic (exact) mass is 889 g/mol. The first-order valence-corrected chi connectivity index (χ1v) is 26.2. The van der Waals surface area contributed by atoms with Crippen LogP contribution in [0.4, 0.5) is 0 Å². The molecule has 0 aromatic heterocycles. The number of carbonyl (C=O) groups excluding carboxylic acids is 3. The maximum atomic E-state index is 12.8. The summed E-state index contributed by atoms with van der Waals surface area (Å²) in [6.07, 6.45) is 68.2. The number of allylic oxidation sites excluding steroid dienone is 16. The van der Waals surface area contributed by atoms with E-state index in [1.165, 1.54) is 57.8 Å². The molecule has 0 fully saturated rings. The number of rotatable bonds is 46. The van der Waals surface area contributed by atoms with Crippen LogP contribution < -0.4 is 0 Å². The summed E-state index contributed by atoms with van der Waals surface area (Å²) in [7, 11) is 0. The predicted octanol–water partition coefficient (Wildman–Crippen LogP) is 17.4. The average molecular weight is 889 g/mol. The van der Waals surface area contributed by atoms with Gasteiger partial charge in [0.05, 0.1) is 0 Å². The zero-order valence-electron chi connectivity index (χ0n) is 41.5. The molecule has 0 spiro atoms. The number of unbranched alkanes of at least 4 members (excludes halogenated alkanes) is 19. The fraction of sp³-hybridized carbons (Fsp3) is 0.672. The lowest BCUT2D eigenvalue weighted by atomic mass is 10.0. The third-order valence-electron chi connectivity index (χ3n) is 10.8. The van der Waals surface area contributed by atoms with E-state index in [0.717, 1.165) is 135 Å². The van der Waals surface area contributed by atoms with Gasteiger partial charge in [-0.1, -0.05) is 214 Å². The lowest BCUT2D eigenvalue weighted by molar-refractivity contribution is -0.167. The third kappa shape index (κ3) is 49.3. The van der Waals surface area contributed by atoms with Crippen LogP contribution in [0.15, 0.2) is 97.2 Å². The normalized spacial score (nSPS) is 12.9. The van der Waals surface area contributed by atoms with Crippen molar-refractivity contribution in [3.05, 3.63) is 97.2 Å². The van der Waals surface area contributed by atoms with Crippen LogP contribution in [-0.2, 0) is 28.6 Å². The molecule has 0 rings (SSSR count). The Morgan fingerprint density at radius 1 is 0.328 bits per heavy atom. The van der Waals surface area contributed by atoms with Crippen molar-refractivity contribution in [3.8, 4) is 0 Å². The Kier molecular flexibility index (Phi) is 49.0. The second-order valence-electron chi connectivity index (χ2n) is 17.0. The van der Waals surface area contributed by atoms with Crippen LogP contribution in [0.3, 0.4) is 0 Å². The SMILES string of the molecule is CC/C=C\C/C=C\C/C=C\C/C=C\C/C=C\CCCCCCCC(=O)OCC(COC(=O)CCCCCCCCCCCCCC)OC(=O)CCCCC/C=C\C/C=C\C/C=C\CC. The minimum absolute atomic E-state index is 0.0951. The molecule has 0 aliphatic rings. The molecule has 0 amide bonds. The van der Waals surface area contributed by atoms with E-state index >= 15 is 0 Å². The molecular weight excluding hydrogens is 793 g/mol. The Morgan fingerprint density at radius 2 is 0.609 bits per heavy atom. The Labute approximate surface area is 394 Å². The van der Waals surface area contributed by atoms with E-state index in [2.05, 4.69) is 118 Å². The highest BCUT2D eigenvalue weighted by molar-refractivity contribution is 5.71. The van der Waals surface area contributed by atoms with Gasteiger partial charge in [0.1, 0.15) is 13.2 Å². The summed E-state index contributed by atoms with van der Waals surface area (Å²) in [6.45, 7) is 6.36. The highest BCUT2D eigenvalue weighted by Gasteiger charge is 2.19. The molecule has 64 heavy (non-hydrogen) atoms. The smallest absolute Gasteiger partial charge is 0.306 e. The van der Waals surface area contributed by atoms with Crippen molar-refractivity contribution >= 4 is 17.9 Å². The van der Waals surface area contributed by atoms with E-state index in [1.807, 2.05) is 0 Å². The van der Waals surface area contributed by atoms with Crippen LogP contribution >= 0.6 is 0 Å². The molecule has 1 unspecified atom stereocenters. The number of carbonyl (C=O) groups is 3. The van der Waals surface area contributed by atoms with Gasteiger partial charge in [-0.15, -0.1) is 0 Å². The standard InChI is InChI=1S/C58H96O6/c1-4-7-10-13-16-19-22-25-26-27-28-29-30-31-32-34-36-39-42-45-48-51-57(60)63-54-55(53-62-56(59)50-47-44-41-38-35-24-21-18-15-12-9-6-3)64-58(61)52-49-46-43-40-37-33-23-20-17-14-11-8-5-2/h7-8,10-11,16-17,19-20,25-26,28-29,31-33,37,55H,4-6,9,12-15,18,21-24,27,30,34-36,38-54H2,1-3H3/b10-7-,11-8-,19-16-,20-17-,26-25-,29-28-,32-31-,37-33-. The van der Waals surface area contributed by atoms with Crippen LogP contribution in [0.1, 0.15) is 233 Å². The summed E-state index contributed by atoms with van der Waals surface area (Å²) in [5.41, 5.74) is 0. The van der Waals surface area contributed by atoms with Crippen LogP contribution in [0.5, 0.6) is 0 Å². The van der Waals surface area contributed by atoms with Crippen LogP contribution in [0, 0.1) is 0 Å². The molecule has 6 nitrogen and oxygen atoms in total. The van der Waals surface area contributed by atoms with E-state index in [9.17, 15) is 14.4 Å². The zero-order chi connectivity index (χ0) is 46.5.